The summed E-state index contributed by atoms with van der Waals surface area (Å²) in [4.78, 5) is 0. The van der Waals surface area contributed by atoms with Gasteiger partial charge in [-0.25, -0.2) is 0 Å². The molecule has 2 aliphatic rings. The first-order chi connectivity index (χ1) is 9.28. The minimum Gasteiger partial charge on any atom is -0.378 e. The summed E-state index contributed by atoms with van der Waals surface area (Å²) in [5, 5.41) is 3.80. The first kappa shape index (κ1) is 15.3. The molecule has 3 atom stereocenters. The van der Waals surface area contributed by atoms with E-state index in [9.17, 15) is 0 Å². The Balaban J connectivity index is 1.72. The van der Waals surface area contributed by atoms with E-state index in [0.29, 0.717) is 6.04 Å². The van der Waals surface area contributed by atoms with E-state index in [1.807, 2.05) is 0 Å². The third-order valence-corrected chi connectivity index (χ3v) is 4.80. The van der Waals surface area contributed by atoms with Crippen molar-refractivity contribution >= 4 is 0 Å². The Morgan fingerprint density at radius 1 is 1.32 bits per heavy atom. The normalized spacial score (nSPS) is 32.8. The molecular formula is C16H31NO2. The van der Waals surface area contributed by atoms with Gasteiger partial charge in [-0.1, -0.05) is 33.1 Å². The van der Waals surface area contributed by atoms with E-state index in [0.717, 1.165) is 45.0 Å². The molecule has 0 aromatic carbocycles. The lowest BCUT2D eigenvalue weighted by molar-refractivity contribution is -0.0895. The summed E-state index contributed by atoms with van der Waals surface area (Å²) in [6.07, 6.45) is 8.73. The van der Waals surface area contributed by atoms with Crippen LogP contribution in [0.3, 0.4) is 0 Å². The molecule has 2 aliphatic heterocycles. The van der Waals surface area contributed by atoms with Crippen molar-refractivity contribution in [2.75, 3.05) is 26.4 Å². The van der Waals surface area contributed by atoms with Gasteiger partial charge >= 0.3 is 0 Å². The average Bonchev–Trinajstić information content (AvgIpc) is 2.87. The lowest BCUT2D eigenvalue weighted by Gasteiger charge is -2.38. The minimum atomic E-state index is 0.0427. The van der Waals surface area contributed by atoms with Gasteiger partial charge in [0.15, 0.2) is 0 Å². The van der Waals surface area contributed by atoms with Crippen LogP contribution in [0.5, 0.6) is 0 Å². The summed E-state index contributed by atoms with van der Waals surface area (Å²) >= 11 is 0. The van der Waals surface area contributed by atoms with Crippen molar-refractivity contribution in [2.45, 2.75) is 70.4 Å². The standard InChI is InChI=1S/C16H31NO2/c1-3-5-6-14(4-2)12-17-15-7-9-19-16(11-15)8-10-18-13-16/h14-15,17H,3-13H2,1-2H3. The Bertz CT molecular complexity index is 251. The molecule has 1 spiro atoms. The first-order valence-electron chi connectivity index (χ1n) is 8.23. The molecule has 3 nitrogen and oxygen atoms in total. The van der Waals surface area contributed by atoms with Crippen molar-refractivity contribution in [3.63, 3.8) is 0 Å². The Morgan fingerprint density at radius 2 is 2.21 bits per heavy atom. The van der Waals surface area contributed by atoms with Crippen molar-refractivity contribution < 1.29 is 9.47 Å². The maximum Gasteiger partial charge on any atom is 0.0951 e. The van der Waals surface area contributed by atoms with Gasteiger partial charge in [0.1, 0.15) is 0 Å². The third-order valence-electron chi connectivity index (χ3n) is 4.80. The maximum atomic E-state index is 5.99. The molecule has 2 fully saturated rings. The Morgan fingerprint density at radius 3 is 2.89 bits per heavy atom. The number of rotatable bonds is 7. The van der Waals surface area contributed by atoms with E-state index < -0.39 is 0 Å². The van der Waals surface area contributed by atoms with Gasteiger partial charge in [-0.3, -0.25) is 0 Å². The summed E-state index contributed by atoms with van der Waals surface area (Å²) in [5.41, 5.74) is 0.0427. The molecule has 0 radical (unpaired) electrons. The van der Waals surface area contributed by atoms with Crippen molar-refractivity contribution in [3.8, 4) is 0 Å². The predicted molar refractivity (Wildman–Crippen MR) is 78.4 cm³/mol. The average molecular weight is 269 g/mol. The van der Waals surface area contributed by atoms with Gasteiger partial charge < -0.3 is 14.8 Å². The van der Waals surface area contributed by atoms with Crippen molar-refractivity contribution in [1.29, 1.82) is 0 Å². The molecule has 112 valence electrons. The van der Waals surface area contributed by atoms with Crippen LogP contribution in [0.1, 0.15) is 58.8 Å². The second kappa shape index (κ2) is 7.61. The zero-order valence-corrected chi connectivity index (χ0v) is 12.7. The fourth-order valence-electron chi connectivity index (χ4n) is 3.34. The van der Waals surface area contributed by atoms with Gasteiger partial charge in [0.05, 0.1) is 12.2 Å². The summed E-state index contributed by atoms with van der Waals surface area (Å²) in [6.45, 7) is 8.35. The summed E-state index contributed by atoms with van der Waals surface area (Å²) < 4.78 is 11.5. The van der Waals surface area contributed by atoms with E-state index in [-0.39, 0.29) is 5.60 Å². The second-order valence-electron chi connectivity index (χ2n) is 6.35. The van der Waals surface area contributed by atoms with Crippen LogP contribution in [-0.2, 0) is 9.47 Å². The zero-order chi connectivity index (χ0) is 13.6. The molecule has 1 N–H and O–H groups in total. The molecule has 0 aliphatic carbocycles. The molecule has 2 saturated heterocycles. The molecule has 0 bridgehead atoms. The molecule has 2 rings (SSSR count). The third kappa shape index (κ3) is 4.44. The minimum absolute atomic E-state index is 0.0427. The number of hydrogen-bond donors (Lipinski definition) is 1. The predicted octanol–water partition coefficient (Wildman–Crippen LogP) is 3.13. The van der Waals surface area contributed by atoms with Crippen molar-refractivity contribution in [1.82, 2.24) is 5.32 Å². The maximum absolute atomic E-state index is 5.99. The summed E-state index contributed by atoms with van der Waals surface area (Å²) in [6, 6.07) is 0.631. The van der Waals surface area contributed by atoms with E-state index in [1.165, 1.54) is 32.2 Å². The van der Waals surface area contributed by atoms with Crippen LogP contribution in [-0.4, -0.2) is 38.0 Å². The van der Waals surface area contributed by atoms with E-state index in [2.05, 4.69) is 19.2 Å². The second-order valence-corrected chi connectivity index (χ2v) is 6.35. The Hall–Kier alpha value is -0.120. The molecular weight excluding hydrogens is 238 g/mol. The lowest BCUT2D eigenvalue weighted by atomic mass is 9.89. The zero-order valence-electron chi connectivity index (χ0n) is 12.7. The molecule has 0 saturated carbocycles. The first-order valence-corrected chi connectivity index (χ1v) is 8.23. The largest absolute Gasteiger partial charge is 0.378 e. The number of ether oxygens (including phenoxy) is 2. The van der Waals surface area contributed by atoms with Crippen LogP contribution in [0.4, 0.5) is 0 Å². The smallest absolute Gasteiger partial charge is 0.0951 e. The van der Waals surface area contributed by atoms with Crippen LogP contribution in [0.15, 0.2) is 0 Å². The fraction of sp³-hybridized carbons (Fsp3) is 1.00. The number of hydrogen-bond acceptors (Lipinski definition) is 3. The summed E-state index contributed by atoms with van der Waals surface area (Å²) in [5.74, 6) is 0.846. The topological polar surface area (TPSA) is 30.5 Å². The SMILES string of the molecule is CCCCC(CC)CNC1CCOC2(CCOC2)C1. The van der Waals surface area contributed by atoms with Crippen LogP contribution in [0.25, 0.3) is 0 Å². The molecule has 2 heterocycles. The molecule has 19 heavy (non-hydrogen) atoms. The number of nitrogens with one attached hydrogen (secondary N) is 1. The highest BCUT2D eigenvalue weighted by Crippen LogP contribution is 2.32. The monoisotopic (exact) mass is 269 g/mol. The lowest BCUT2D eigenvalue weighted by Crippen LogP contribution is -2.48. The molecule has 3 heteroatoms. The van der Waals surface area contributed by atoms with Crippen LogP contribution >= 0.6 is 0 Å². The van der Waals surface area contributed by atoms with Crippen molar-refractivity contribution in [3.05, 3.63) is 0 Å². The fourth-order valence-corrected chi connectivity index (χ4v) is 3.34. The highest BCUT2D eigenvalue weighted by atomic mass is 16.6. The van der Waals surface area contributed by atoms with Crippen LogP contribution in [0.2, 0.25) is 0 Å². The van der Waals surface area contributed by atoms with Gasteiger partial charge in [0.2, 0.25) is 0 Å². The van der Waals surface area contributed by atoms with Gasteiger partial charge in [-0.05, 0) is 31.7 Å². The molecule has 0 amide bonds. The molecule has 3 unspecified atom stereocenters. The molecule has 0 aromatic heterocycles. The number of unbranched alkanes of at least 4 members (excludes halogenated alkanes) is 1. The molecule has 0 aromatic rings. The quantitative estimate of drug-likeness (QED) is 0.770. The summed E-state index contributed by atoms with van der Waals surface area (Å²) in [7, 11) is 0. The highest BCUT2D eigenvalue weighted by molar-refractivity contribution is 4.92. The van der Waals surface area contributed by atoms with E-state index >= 15 is 0 Å². The van der Waals surface area contributed by atoms with Crippen molar-refractivity contribution in [2.24, 2.45) is 5.92 Å². The van der Waals surface area contributed by atoms with Gasteiger partial charge in [0, 0.05) is 25.7 Å². The van der Waals surface area contributed by atoms with E-state index in [4.69, 9.17) is 9.47 Å². The van der Waals surface area contributed by atoms with Gasteiger partial charge in [-0.2, -0.15) is 0 Å². The Kier molecular flexibility index (Phi) is 6.11. The Labute approximate surface area is 118 Å². The van der Waals surface area contributed by atoms with Crippen LogP contribution < -0.4 is 5.32 Å². The van der Waals surface area contributed by atoms with Crippen LogP contribution in [0, 0.1) is 5.92 Å². The van der Waals surface area contributed by atoms with Gasteiger partial charge in [0.25, 0.3) is 0 Å². The highest BCUT2D eigenvalue weighted by Gasteiger charge is 2.40. The van der Waals surface area contributed by atoms with Gasteiger partial charge in [-0.15, -0.1) is 0 Å². The van der Waals surface area contributed by atoms with E-state index in [1.54, 1.807) is 0 Å².